The predicted octanol–water partition coefficient (Wildman–Crippen LogP) is 3.68. The first-order valence-corrected chi connectivity index (χ1v) is 8.02. The van der Waals surface area contributed by atoms with Crippen LogP contribution in [0.25, 0.3) is 11.0 Å². The fraction of sp³-hybridized carbons (Fsp3) is 0.562. The van der Waals surface area contributed by atoms with E-state index in [9.17, 15) is 0 Å². The Morgan fingerprint density at radius 1 is 1.24 bits per heavy atom. The van der Waals surface area contributed by atoms with Crippen molar-refractivity contribution in [2.45, 2.75) is 46.8 Å². The first-order chi connectivity index (χ1) is 10.0. The monoisotopic (exact) mass is 307 g/mol. The molecule has 21 heavy (non-hydrogen) atoms. The Labute approximate surface area is 132 Å². The van der Waals surface area contributed by atoms with E-state index >= 15 is 0 Å². The van der Waals surface area contributed by atoms with Crippen LogP contribution in [0.1, 0.15) is 33.3 Å². The van der Waals surface area contributed by atoms with Gasteiger partial charge in [-0.15, -0.1) is 0 Å². The third-order valence-electron chi connectivity index (χ3n) is 3.59. The van der Waals surface area contributed by atoms with Crippen molar-refractivity contribution >= 4 is 29.5 Å². The fourth-order valence-corrected chi connectivity index (χ4v) is 3.13. The van der Waals surface area contributed by atoms with Gasteiger partial charge in [0.15, 0.2) is 0 Å². The van der Waals surface area contributed by atoms with Gasteiger partial charge in [0.2, 0.25) is 0 Å². The number of rotatable bonds is 1. The van der Waals surface area contributed by atoms with Gasteiger partial charge in [-0.2, -0.15) is 0 Å². The Morgan fingerprint density at radius 3 is 2.48 bits per heavy atom. The highest BCUT2D eigenvalue weighted by Crippen LogP contribution is 2.26. The minimum absolute atomic E-state index is 0.259. The van der Waals surface area contributed by atoms with E-state index in [0.29, 0.717) is 0 Å². The van der Waals surface area contributed by atoms with E-state index in [4.69, 9.17) is 4.74 Å². The zero-order valence-electron chi connectivity index (χ0n) is 13.5. The van der Waals surface area contributed by atoms with E-state index in [-0.39, 0.29) is 12.2 Å². The molecule has 3 rings (SSSR count). The van der Waals surface area contributed by atoms with E-state index in [2.05, 4.69) is 49.5 Å². The van der Waals surface area contributed by atoms with Crippen LogP contribution in [0.2, 0.25) is 0 Å². The summed E-state index contributed by atoms with van der Waals surface area (Å²) >= 11 is 4.38. The van der Waals surface area contributed by atoms with E-state index in [1.807, 2.05) is 26.2 Å². The van der Waals surface area contributed by atoms with Gasteiger partial charge in [-0.3, -0.25) is 3.97 Å². The Hall–Kier alpha value is -1.20. The summed E-state index contributed by atoms with van der Waals surface area (Å²) in [6.07, 6.45) is 4.44. The smallest absolute Gasteiger partial charge is 0.150 e. The van der Waals surface area contributed by atoms with Gasteiger partial charge in [-0.1, -0.05) is 26.7 Å². The maximum Gasteiger partial charge on any atom is 0.150 e. The first-order valence-electron chi connectivity index (χ1n) is 7.62. The van der Waals surface area contributed by atoms with Gasteiger partial charge in [-0.05, 0) is 32.4 Å². The Kier molecular flexibility index (Phi) is 5.17. The van der Waals surface area contributed by atoms with Crippen LogP contribution in [-0.4, -0.2) is 34.3 Å². The molecule has 5 heteroatoms. The number of fused-ring (bicyclic) bond motifs is 1. The number of aromatic nitrogens is 2. The van der Waals surface area contributed by atoms with Crippen LogP contribution in [0.15, 0.2) is 18.5 Å². The summed E-state index contributed by atoms with van der Waals surface area (Å²) in [5.74, 6) is 0. The minimum Gasteiger partial charge on any atom is -0.372 e. The Morgan fingerprint density at radius 2 is 1.86 bits per heavy atom. The molecule has 1 aliphatic rings. The zero-order valence-corrected chi connectivity index (χ0v) is 14.4. The third-order valence-corrected chi connectivity index (χ3v) is 3.90. The molecule has 2 aromatic heterocycles. The highest BCUT2D eigenvalue weighted by molar-refractivity contribution is 7.78. The van der Waals surface area contributed by atoms with Crippen molar-refractivity contribution in [2.75, 3.05) is 18.0 Å². The van der Waals surface area contributed by atoms with Crippen LogP contribution in [-0.2, 0) is 4.74 Å². The molecule has 0 amide bonds. The second-order valence-corrected chi connectivity index (χ2v) is 5.81. The molecule has 0 spiro atoms. The lowest BCUT2D eigenvalue weighted by Gasteiger charge is -2.36. The van der Waals surface area contributed by atoms with Gasteiger partial charge in [0.25, 0.3) is 0 Å². The second kappa shape index (κ2) is 6.71. The third kappa shape index (κ3) is 3.35. The van der Waals surface area contributed by atoms with Gasteiger partial charge in [0.1, 0.15) is 5.65 Å². The molecule has 2 aromatic rings. The van der Waals surface area contributed by atoms with Gasteiger partial charge < -0.3 is 9.64 Å². The van der Waals surface area contributed by atoms with E-state index in [1.165, 1.54) is 10.9 Å². The van der Waals surface area contributed by atoms with Gasteiger partial charge in [0.05, 0.1) is 24.1 Å². The molecule has 2 atom stereocenters. The quantitative estimate of drug-likeness (QED) is 0.815. The average Bonchev–Trinajstić information content (AvgIpc) is 2.75. The molecule has 3 heterocycles. The van der Waals surface area contributed by atoms with Crippen molar-refractivity contribution in [3.05, 3.63) is 24.0 Å². The molecule has 0 saturated carbocycles. The summed E-state index contributed by atoms with van der Waals surface area (Å²) in [4.78, 5) is 6.88. The van der Waals surface area contributed by atoms with Crippen LogP contribution >= 0.6 is 12.8 Å². The summed E-state index contributed by atoms with van der Waals surface area (Å²) in [5, 5.41) is 1.17. The lowest BCUT2D eigenvalue weighted by Crippen LogP contribution is -2.45. The molecular weight excluding hydrogens is 282 g/mol. The largest absolute Gasteiger partial charge is 0.372 e. The molecule has 1 unspecified atom stereocenters. The molecular formula is C16H25N3OS. The highest BCUT2D eigenvalue weighted by atomic mass is 32.1. The lowest BCUT2D eigenvalue weighted by atomic mass is 10.2. The Balaban J connectivity index is 0.000000774. The molecule has 0 aliphatic carbocycles. The van der Waals surface area contributed by atoms with Crippen LogP contribution in [0.5, 0.6) is 0 Å². The van der Waals surface area contributed by atoms with Crippen molar-refractivity contribution < 1.29 is 4.74 Å². The molecule has 116 valence electrons. The Bertz CT molecular complexity index is 601. The van der Waals surface area contributed by atoms with E-state index in [1.54, 1.807) is 3.97 Å². The number of nitrogens with zero attached hydrogens (tertiary/aromatic N) is 3. The standard InChI is InChI=1S/C14H19N3OS.C2H6/c1-9-6-17(19)14-13(9)4-12(5-15-14)16-7-10(2)18-11(3)8-16;1-2/h4-6,10-11,19H,7-8H2,1-3H3;1-2H3/t10-,11?;/m1./s1. The number of thiol groups is 1. The number of hydrogen-bond acceptors (Lipinski definition) is 4. The number of morpholine rings is 1. The van der Waals surface area contributed by atoms with Crippen molar-refractivity contribution in [1.29, 1.82) is 0 Å². The van der Waals surface area contributed by atoms with Crippen LogP contribution < -0.4 is 4.90 Å². The first kappa shape index (κ1) is 16.2. The minimum atomic E-state index is 0.259. The van der Waals surface area contributed by atoms with Crippen molar-refractivity contribution in [3.8, 4) is 0 Å². The summed E-state index contributed by atoms with van der Waals surface area (Å²) in [5.41, 5.74) is 3.28. The number of anilines is 1. The molecule has 0 aromatic carbocycles. The summed E-state index contributed by atoms with van der Waals surface area (Å²) in [6, 6.07) is 2.20. The number of pyridine rings is 1. The number of aryl methyl sites for hydroxylation is 1. The normalized spacial score (nSPS) is 22.1. The van der Waals surface area contributed by atoms with Gasteiger partial charge in [0, 0.05) is 24.7 Å². The van der Waals surface area contributed by atoms with Gasteiger partial charge in [-0.25, -0.2) is 4.98 Å². The molecule has 4 nitrogen and oxygen atoms in total. The van der Waals surface area contributed by atoms with Crippen molar-refractivity contribution in [2.24, 2.45) is 0 Å². The van der Waals surface area contributed by atoms with Gasteiger partial charge >= 0.3 is 0 Å². The van der Waals surface area contributed by atoms with E-state index in [0.717, 1.165) is 24.4 Å². The fourth-order valence-electron chi connectivity index (χ4n) is 2.80. The maximum absolute atomic E-state index is 5.77. The summed E-state index contributed by atoms with van der Waals surface area (Å²) < 4.78 is 7.55. The molecule has 1 aliphatic heterocycles. The van der Waals surface area contributed by atoms with Crippen LogP contribution in [0.3, 0.4) is 0 Å². The SMILES string of the molecule is CC.Cc1cn(S)c2ncc(N3CC(C)O[C@H](C)C3)cc12. The lowest BCUT2D eigenvalue weighted by molar-refractivity contribution is -0.00522. The molecule has 1 fully saturated rings. The van der Waals surface area contributed by atoms with Crippen LogP contribution in [0.4, 0.5) is 5.69 Å². The maximum atomic E-state index is 5.77. The number of ether oxygens (including phenoxy) is 1. The van der Waals surface area contributed by atoms with Crippen LogP contribution in [0, 0.1) is 6.92 Å². The topological polar surface area (TPSA) is 30.3 Å². The summed E-state index contributed by atoms with van der Waals surface area (Å²) in [6.45, 7) is 12.1. The zero-order chi connectivity index (χ0) is 15.6. The second-order valence-electron chi connectivity index (χ2n) is 5.38. The molecule has 0 bridgehead atoms. The number of hydrogen-bond donors (Lipinski definition) is 1. The highest BCUT2D eigenvalue weighted by Gasteiger charge is 2.23. The van der Waals surface area contributed by atoms with E-state index < -0.39 is 0 Å². The summed E-state index contributed by atoms with van der Waals surface area (Å²) in [7, 11) is 0. The average molecular weight is 307 g/mol. The van der Waals surface area contributed by atoms with Crippen molar-refractivity contribution in [1.82, 2.24) is 8.96 Å². The molecule has 0 radical (unpaired) electrons. The van der Waals surface area contributed by atoms with Crippen molar-refractivity contribution in [3.63, 3.8) is 0 Å². The molecule has 1 saturated heterocycles. The predicted molar refractivity (Wildman–Crippen MR) is 92.4 cm³/mol. The molecule has 0 N–H and O–H groups in total.